The maximum absolute atomic E-state index is 3.69. The Bertz CT molecular complexity index is 575. The number of thiophene rings is 1. The van der Waals surface area contributed by atoms with Crippen molar-refractivity contribution in [1.29, 1.82) is 0 Å². The van der Waals surface area contributed by atoms with Crippen LogP contribution in [0.25, 0.3) is 0 Å². The van der Waals surface area contributed by atoms with E-state index in [9.17, 15) is 0 Å². The van der Waals surface area contributed by atoms with Gasteiger partial charge < -0.3 is 5.32 Å². The van der Waals surface area contributed by atoms with Crippen LogP contribution in [0.5, 0.6) is 0 Å². The lowest BCUT2D eigenvalue weighted by Gasteiger charge is -2.19. The van der Waals surface area contributed by atoms with Gasteiger partial charge in [-0.1, -0.05) is 44.8 Å². The molecule has 0 saturated heterocycles. The second-order valence-electron chi connectivity index (χ2n) is 4.61. The van der Waals surface area contributed by atoms with Crippen molar-refractivity contribution >= 4 is 59.1 Å². The zero-order valence-electron chi connectivity index (χ0n) is 11.3. The fraction of sp³-hybridized carbons (Fsp3) is 0.333. The highest BCUT2D eigenvalue weighted by atomic mass is 79.9. The van der Waals surface area contributed by atoms with E-state index in [1.54, 1.807) is 0 Å². The molecular weight excluding hydrogens is 466 g/mol. The summed E-state index contributed by atoms with van der Waals surface area (Å²) in [6, 6.07) is 8.82. The second-order valence-corrected chi connectivity index (χ2v) is 8.52. The van der Waals surface area contributed by atoms with E-state index in [-0.39, 0.29) is 6.04 Å². The van der Waals surface area contributed by atoms with Crippen LogP contribution < -0.4 is 5.32 Å². The maximum Gasteiger partial charge on any atom is 0.0682 e. The summed E-state index contributed by atoms with van der Waals surface area (Å²) < 4.78 is 3.41. The monoisotopic (exact) mass is 479 g/mol. The van der Waals surface area contributed by atoms with Gasteiger partial charge in [0.2, 0.25) is 0 Å². The Kier molecular flexibility index (Phi) is 6.29. The number of hydrogen-bond acceptors (Lipinski definition) is 2. The highest BCUT2D eigenvalue weighted by Crippen LogP contribution is 2.37. The van der Waals surface area contributed by atoms with Crippen molar-refractivity contribution in [2.24, 2.45) is 0 Å². The lowest BCUT2D eigenvalue weighted by molar-refractivity contribution is 0.604. The quantitative estimate of drug-likeness (QED) is 0.518. The van der Waals surface area contributed by atoms with Crippen LogP contribution in [0.2, 0.25) is 0 Å². The van der Waals surface area contributed by atoms with Crippen LogP contribution in [0.15, 0.2) is 37.7 Å². The first-order valence-corrected chi connectivity index (χ1v) is 9.66. The SMILES string of the molecule is CCCNC(c1cc(Br)c(C)s1)c1ccc(Br)cc1Br. The van der Waals surface area contributed by atoms with Crippen LogP contribution in [0.3, 0.4) is 0 Å². The summed E-state index contributed by atoms with van der Waals surface area (Å²) in [4.78, 5) is 2.65. The molecule has 0 bridgehead atoms. The van der Waals surface area contributed by atoms with Crippen molar-refractivity contribution < 1.29 is 0 Å². The molecule has 108 valence electrons. The van der Waals surface area contributed by atoms with E-state index in [0.717, 1.165) is 21.9 Å². The first-order valence-electron chi connectivity index (χ1n) is 6.47. The third kappa shape index (κ3) is 3.95. The van der Waals surface area contributed by atoms with Crippen LogP contribution in [-0.4, -0.2) is 6.54 Å². The molecule has 1 atom stereocenters. The molecule has 0 radical (unpaired) electrons. The van der Waals surface area contributed by atoms with Gasteiger partial charge in [-0.05, 0) is 59.6 Å². The molecule has 0 saturated carbocycles. The number of aryl methyl sites for hydroxylation is 1. The highest BCUT2D eigenvalue weighted by molar-refractivity contribution is 9.11. The Morgan fingerprint density at radius 1 is 1.15 bits per heavy atom. The minimum absolute atomic E-state index is 0.229. The van der Waals surface area contributed by atoms with E-state index >= 15 is 0 Å². The molecule has 1 unspecified atom stereocenters. The smallest absolute Gasteiger partial charge is 0.0682 e. The fourth-order valence-corrected chi connectivity index (χ4v) is 4.94. The van der Waals surface area contributed by atoms with Gasteiger partial charge in [0.15, 0.2) is 0 Å². The average Bonchev–Trinajstić information content (AvgIpc) is 2.72. The van der Waals surface area contributed by atoms with Gasteiger partial charge in [0.05, 0.1) is 6.04 Å². The molecule has 2 rings (SSSR count). The lowest BCUT2D eigenvalue weighted by Crippen LogP contribution is -2.22. The average molecular weight is 482 g/mol. The van der Waals surface area contributed by atoms with Crippen LogP contribution in [0.1, 0.15) is 34.7 Å². The normalized spacial score (nSPS) is 12.7. The molecule has 0 aliphatic heterocycles. The predicted octanol–water partition coefficient (Wildman–Crippen LogP) is 6.43. The third-order valence-electron chi connectivity index (χ3n) is 3.03. The topological polar surface area (TPSA) is 12.0 Å². The van der Waals surface area contributed by atoms with Gasteiger partial charge in [0, 0.05) is 23.2 Å². The molecular formula is C15H16Br3NS. The van der Waals surface area contributed by atoms with Gasteiger partial charge in [-0.3, -0.25) is 0 Å². The third-order valence-corrected chi connectivity index (χ3v) is 6.41. The zero-order chi connectivity index (χ0) is 14.7. The van der Waals surface area contributed by atoms with E-state index in [2.05, 4.69) is 91.2 Å². The van der Waals surface area contributed by atoms with Gasteiger partial charge in [0.1, 0.15) is 0 Å². The fourth-order valence-electron chi connectivity index (χ4n) is 2.01. The zero-order valence-corrected chi connectivity index (χ0v) is 16.9. The molecule has 1 nitrogen and oxygen atoms in total. The Balaban J connectivity index is 2.41. The molecule has 0 aliphatic rings. The molecule has 1 heterocycles. The van der Waals surface area contributed by atoms with Crippen molar-refractivity contribution in [3.8, 4) is 0 Å². The number of hydrogen-bond donors (Lipinski definition) is 1. The van der Waals surface area contributed by atoms with Crippen molar-refractivity contribution in [2.75, 3.05) is 6.54 Å². The largest absolute Gasteiger partial charge is 0.306 e. The van der Waals surface area contributed by atoms with E-state index in [1.807, 2.05) is 11.3 Å². The summed E-state index contributed by atoms with van der Waals surface area (Å²) in [5.74, 6) is 0. The summed E-state index contributed by atoms with van der Waals surface area (Å²) >= 11 is 12.7. The van der Waals surface area contributed by atoms with Gasteiger partial charge in [-0.25, -0.2) is 0 Å². The van der Waals surface area contributed by atoms with Crippen molar-refractivity contribution in [3.63, 3.8) is 0 Å². The summed E-state index contributed by atoms with van der Waals surface area (Å²) in [6.07, 6.45) is 1.12. The Morgan fingerprint density at radius 2 is 1.90 bits per heavy atom. The van der Waals surface area contributed by atoms with Crippen LogP contribution in [0.4, 0.5) is 0 Å². The Morgan fingerprint density at radius 3 is 2.45 bits per heavy atom. The van der Waals surface area contributed by atoms with Crippen LogP contribution in [0, 0.1) is 6.92 Å². The van der Waals surface area contributed by atoms with Crippen LogP contribution in [-0.2, 0) is 0 Å². The summed E-state index contributed by atoms with van der Waals surface area (Å²) in [6.45, 7) is 5.34. The van der Waals surface area contributed by atoms with E-state index < -0.39 is 0 Å². The number of benzene rings is 1. The second kappa shape index (κ2) is 7.54. The summed E-state index contributed by atoms with van der Waals surface area (Å²) in [7, 11) is 0. The molecule has 5 heteroatoms. The molecule has 20 heavy (non-hydrogen) atoms. The predicted molar refractivity (Wildman–Crippen MR) is 98.7 cm³/mol. The molecule has 0 aliphatic carbocycles. The number of halogens is 3. The number of nitrogens with one attached hydrogen (secondary N) is 1. The minimum atomic E-state index is 0.229. The molecule has 0 spiro atoms. The van der Waals surface area contributed by atoms with Crippen molar-refractivity contribution in [2.45, 2.75) is 26.3 Å². The Labute approximate surface area is 149 Å². The molecule has 2 aromatic rings. The standard InChI is InChI=1S/C15H16Br3NS/c1-3-6-19-15(14-8-12(17)9(2)20-14)11-5-4-10(16)7-13(11)18/h4-5,7-8,15,19H,3,6H2,1-2H3. The molecule has 0 fully saturated rings. The van der Waals surface area contributed by atoms with Crippen molar-refractivity contribution in [3.05, 3.63) is 53.0 Å². The lowest BCUT2D eigenvalue weighted by atomic mass is 10.1. The molecule has 0 amide bonds. The van der Waals surface area contributed by atoms with Gasteiger partial charge >= 0.3 is 0 Å². The van der Waals surface area contributed by atoms with E-state index in [1.165, 1.54) is 19.8 Å². The molecule has 1 aromatic carbocycles. The van der Waals surface area contributed by atoms with E-state index in [0.29, 0.717) is 0 Å². The van der Waals surface area contributed by atoms with Gasteiger partial charge in [0.25, 0.3) is 0 Å². The van der Waals surface area contributed by atoms with Crippen LogP contribution >= 0.6 is 59.1 Å². The van der Waals surface area contributed by atoms with Gasteiger partial charge in [-0.2, -0.15) is 0 Å². The Hall–Kier alpha value is 0.320. The first kappa shape index (κ1) is 16.7. The highest BCUT2D eigenvalue weighted by Gasteiger charge is 2.19. The summed E-state index contributed by atoms with van der Waals surface area (Å²) in [5.41, 5.74) is 1.27. The van der Waals surface area contributed by atoms with Crippen molar-refractivity contribution in [1.82, 2.24) is 5.32 Å². The van der Waals surface area contributed by atoms with E-state index in [4.69, 9.17) is 0 Å². The molecule has 1 N–H and O–H groups in total. The minimum Gasteiger partial charge on any atom is -0.306 e. The maximum atomic E-state index is 3.69. The summed E-state index contributed by atoms with van der Waals surface area (Å²) in [5, 5.41) is 3.65. The van der Waals surface area contributed by atoms with Gasteiger partial charge in [-0.15, -0.1) is 11.3 Å². The number of rotatable bonds is 5. The molecule has 1 aromatic heterocycles. The first-order chi connectivity index (χ1) is 9.52.